The number of halogens is 1. The van der Waals surface area contributed by atoms with Crippen molar-refractivity contribution >= 4 is 11.6 Å². The van der Waals surface area contributed by atoms with Crippen LogP contribution in [-0.4, -0.2) is 27.4 Å². The third-order valence-electron chi connectivity index (χ3n) is 6.18. The number of imidazole rings is 1. The van der Waals surface area contributed by atoms with Crippen LogP contribution < -0.4 is 9.47 Å². The molecule has 37 heavy (non-hydrogen) atoms. The topological polar surface area (TPSA) is 56.5 Å². The van der Waals surface area contributed by atoms with Crippen molar-refractivity contribution in [3.8, 4) is 34.2 Å². The number of ether oxygens (including phenoxy) is 2. The summed E-state index contributed by atoms with van der Waals surface area (Å²) in [6.07, 6.45) is 7.57. The minimum Gasteiger partial charge on any atom is -0.491 e. The summed E-state index contributed by atoms with van der Waals surface area (Å²) in [6.45, 7) is 4.62. The lowest BCUT2D eigenvalue weighted by molar-refractivity contribution is 0.0980. The number of rotatable bonds is 13. The number of aliphatic hydroxyl groups excluding tert-OH is 1. The average Bonchev–Trinajstić information content (AvgIpc) is 3.35. The van der Waals surface area contributed by atoms with Crippen molar-refractivity contribution in [2.45, 2.75) is 58.5 Å². The number of unbranched alkanes of at least 4 members (excludes halogenated alkanes) is 2. The molecule has 0 aliphatic rings. The average molecular weight is 519 g/mol. The monoisotopic (exact) mass is 518 g/mol. The van der Waals surface area contributed by atoms with Crippen LogP contribution in [0.1, 0.15) is 51.8 Å². The van der Waals surface area contributed by atoms with E-state index in [-0.39, 0.29) is 0 Å². The molecule has 0 fully saturated rings. The molecule has 0 aliphatic carbocycles. The van der Waals surface area contributed by atoms with Crippen molar-refractivity contribution in [3.05, 3.63) is 89.8 Å². The SMILES string of the molecule is CCCCc1nc(-c2ccc(OC[C@H](O)CCCC)cc2)cn1-c1ccc(Oc2ccc(Cl)cc2)cc1. The van der Waals surface area contributed by atoms with Gasteiger partial charge in [-0.25, -0.2) is 4.98 Å². The Morgan fingerprint density at radius 3 is 2.11 bits per heavy atom. The van der Waals surface area contributed by atoms with Crippen LogP contribution in [0.15, 0.2) is 79.0 Å². The Bertz CT molecular complexity index is 1240. The second-order valence-electron chi connectivity index (χ2n) is 9.20. The second-order valence-corrected chi connectivity index (χ2v) is 9.63. The lowest BCUT2D eigenvalue weighted by atomic mass is 10.1. The van der Waals surface area contributed by atoms with E-state index >= 15 is 0 Å². The lowest BCUT2D eigenvalue weighted by Crippen LogP contribution is -2.17. The summed E-state index contributed by atoms with van der Waals surface area (Å²) in [4.78, 5) is 4.97. The number of aryl methyl sites for hydroxylation is 1. The van der Waals surface area contributed by atoms with Gasteiger partial charge in [0, 0.05) is 28.9 Å². The van der Waals surface area contributed by atoms with Gasteiger partial charge in [-0.15, -0.1) is 0 Å². The zero-order chi connectivity index (χ0) is 26.0. The second kappa shape index (κ2) is 13.3. The molecular weight excluding hydrogens is 484 g/mol. The van der Waals surface area contributed by atoms with E-state index in [0.717, 1.165) is 78.5 Å². The van der Waals surface area contributed by atoms with E-state index in [9.17, 15) is 5.11 Å². The van der Waals surface area contributed by atoms with Crippen LogP contribution in [-0.2, 0) is 6.42 Å². The Kier molecular flexibility index (Phi) is 9.64. The van der Waals surface area contributed by atoms with Gasteiger partial charge in [-0.2, -0.15) is 0 Å². The Labute approximate surface area is 224 Å². The van der Waals surface area contributed by atoms with E-state index in [1.807, 2.05) is 72.8 Å². The van der Waals surface area contributed by atoms with Gasteiger partial charge in [0.15, 0.2) is 0 Å². The highest BCUT2D eigenvalue weighted by molar-refractivity contribution is 6.30. The van der Waals surface area contributed by atoms with Gasteiger partial charge in [0.1, 0.15) is 29.7 Å². The fraction of sp³-hybridized carbons (Fsp3) is 0.323. The number of hydrogen-bond acceptors (Lipinski definition) is 4. The van der Waals surface area contributed by atoms with Gasteiger partial charge in [-0.05, 0) is 85.6 Å². The number of benzene rings is 3. The highest BCUT2D eigenvalue weighted by Crippen LogP contribution is 2.27. The molecule has 1 atom stereocenters. The molecule has 3 aromatic carbocycles. The molecule has 6 heteroatoms. The van der Waals surface area contributed by atoms with Gasteiger partial charge in [-0.3, -0.25) is 0 Å². The predicted octanol–water partition coefficient (Wildman–Crippen LogP) is 8.26. The van der Waals surface area contributed by atoms with Crippen LogP contribution in [0.5, 0.6) is 17.2 Å². The molecular formula is C31H35ClN2O3. The first-order valence-corrected chi connectivity index (χ1v) is 13.5. The summed E-state index contributed by atoms with van der Waals surface area (Å²) in [5.74, 6) is 3.29. The molecule has 0 amide bonds. The molecule has 1 heterocycles. The fourth-order valence-corrected chi connectivity index (χ4v) is 4.17. The third kappa shape index (κ3) is 7.61. The Morgan fingerprint density at radius 1 is 0.838 bits per heavy atom. The van der Waals surface area contributed by atoms with Crippen molar-refractivity contribution < 1.29 is 14.6 Å². The zero-order valence-corrected chi connectivity index (χ0v) is 22.3. The maximum atomic E-state index is 10.0. The van der Waals surface area contributed by atoms with E-state index in [0.29, 0.717) is 11.6 Å². The van der Waals surface area contributed by atoms with Crippen molar-refractivity contribution in [3.63, 3.8) is 0 Å². The van der Waals surface area contributed by atoms with E-state index in [1.54, 1.807) is 0 Å². The van der Waals surface area contributed by atoms with Crippen molar-refractivity contribution in [2.75, 3.05) is 6.61 Å². The molecule has 0 aliphatic heterocycles. The summed E-state index contributed by atoms with van der Waals surface area (Å²) < 4.78 is 13.9. The molecule has 4 aromatic rings. The van der Waals surface area contributed by atoms with Crippen LogP contribution in [0.4, 0.5) is 0 Å². The van der Waals surface area contributed by atoms with E-state index in [4.69, 9.17) is 26.1 Å². The Morgan fingerprint density at radius 2 is 1.46 bits per heavy atom. The minimum absolute atomic E-state index is 0.312. The molecule has 194 valence electrons. The van der Waals surface area contributed by atoms with Gasteiger partial charge in [0.25, 0.3) is 0 Å². The lowest BCUT2D eigenvalue weighted by Gasteiger charge is -2.12. The van der Waals surface area contributed by atoms with Crippen LogP contribution in [0.3, 0.4) is 0 Å². The first-order valence-electron chi connectivity index (χ1n) is 13.1. The maximum absolute atomic E-state index is 10.0. The number of nitrogens with zero attached hydrogens (tertiary/aromatic N) is 2. The highest BCUT2D eigenvalue weighted by Gasteiger charge is 2.12. The summed E-state index contributed by atoms with van der Waals surface area (Å²) >= 11 is 5.97. The molecule has 0 bridgehead atoms. The molecule has 0 radical (unpaired) electrons. The standard InChI is InChI=1S/C31H35ClN2O3/c1-3-5-7-26(35)22-36-27-15-9-23(10-16-27)30-21-34(31(33-30)8-6-4-2)25-13-19-29(20-14-25)37-28-17-11-24(32)12-18-28/h9-21,26,35H,3-8,22H2,1-2H3/t26-/m1/s1. The summed E-state index contributed by atoms with van der Waals surface area (Å²) in [5.41, 5.74) is 2.98. The maximum Gasteiger partial charge on any atom is 0.127 e. The van der Waals surface area contributed by atoms with Crippen LogP contribution in [0.2, 0.25) is 5.02 Å². The van der Waals surface area contributed by atoms with Gasteiger partial charge >= 0.3 is 0 Å². The fourth-order valence-electron chi connectivity index (χ4n) is 4.04. The Balaban J connectivity index is 1.48. The molecule has 1 aromatic heterocycles. The van der Waals surface area contributed by atoms with Crippen LogP contribution in [0, 0.1) is 0 Å². The Hall–Kier alpha value is -3.28. The quantitative estimate of drug-likeness (QED) is 0.193. The van der Waals surface area contributed by atoms with Crippen LogP contribution in [0.25, 0.3) is 16.9 Å². The summed E-state index contributed by atoms with van der Waals surface area (Å²) in [5, 5.41) is 10.7. The van der Waals surface area contributed by atoms with Gasteiger partial charge in [0.05, 0.1) is 11.8 Å². The van der Waals surface area contributed by atoms with E-state index in [2.05, 4.69) is 24.6 Å². The highest BCUT2D eigenvalue weighted by atomic mass is 35.5. The molecule has 0 saturated heterocycles. The van der Waals surface area contributed by atoms with E-state index < -0.39 is 6.10 Å². The predicted molar refractivity (Wildman–Crippen MR) is 150 cm³/mol. The molecule has 0 spiro atoms. The van der Waals surface area contributed by atoms with Gasteiger partial charge in [0.2, 0.25) is 0 Å². The van der Waals surface area contributed by atoms with Gasteiger partial charge < -0.3 is 19.1 Å². The summed E-state index contributed by atoms with van der Waals surface area (Å²) in [6, 6.07) is 23.3. The molecule has 0 saturated carbocycles. The number of aromatic nitrogens is 2. The van der Waals surface area contributed by atoms with Crippen LogP contribution >= 0.6 is 11.6 Å². The number of aliphatic hydroxyl groups is 1. The van der Waals surface area contributed by atoms with Gasteiger partial charge in [-0.1, -0.05) is 44.7 Å². The molecule has 4 rings (SSSR count). The smallest absolute Gasteiger partial charge is 0.127 e. The summed E-state index contributed by atoms with van der Waals surface area (Å²) in [7, 11) is 0. The number of hydrogen-bond donors (Lipinski definition) is 1. The van der Waals surface area contributed by atoms with Crippen molar-refractivity contribution in [2.24, 2.45) is 0 Å². The first kappa shape index (κ1) is 26.8. The zero-order valence-electron chi connectivity index (χ0n) is 21.6. The minimum atomic E-state index is -0.431. The molecule has 1 N–H and O–H groups in total. The van der Waals surface area contributed by atoms with Crippen molar-refractivity contribution in [1.29, 1.82) is 0 Å². The normalized spacial score (nSPS) is 11.9. The molecule has 5 nitrogen and oxygen atoms in total. The van der Waals surface area contributed by atoms with E-state index in [1.165, 1.54) is 0 Å². The first-order chi connectivity index (χ1) is 18.1. The largest absolute Gasteiger partial charge is 0.491 e. The van der Waals surface area contributed by atoms with Crippen molar-refractivity contribution in [1.82, 2.24) is 9.55 Å². The molecule has 0 unspecified atom stereocenters. The third-order valence-corrected chi connectivity index (χ3v) is 6.43.